The maximum absolute atomic E-state index is 13.3. The molecule has 0 fully saturated rings. The molecule has 0 aliphatic carbocycles. The van der Waals surface area contributed by atoms with Crippen molar-refractivity contribution in [2.45, 2.75) is 11.1 Å². The Hall–Kier alpha value is -2.75. The van der Waals surface area contributed by atoms with Gasteiger partial charge in [-0.3, -0.25) is 0 Å². The van der Waals surface area contributed by atoms with Crippen LogP contribution in [-0.2, 0) is 10.0 Å². The lowest BCUT2D eigenvalue weighted by Crippen LogP contribution is -2.31. The fourth-order valence-corrected chi connectivity index (χ4v) is 2.95. The summed E-state index contributed by atoms with van der Waals surface area (Å²) in [5.41, 5.74) is -0.147. The molecule has 0 radical (unpaired) electrons. The first-order valence-corrected chi connectivity index (χ1v) is 8.57. The first-order valence-electron chi connectivity index (χ1n) is 7.13. The number of rotatable bonds is 5. The molecule has 1 N–H and O–H groups in total. The lowest BCUT2D eigenvalue weighted by Gasteiger charge is -2.16. The van der Waals surface area contributed by atoms with Crippen LogP contribution in [0, 0.1) is 0 Å². The van der Waals surface area contributed by atoms with Crippen molar-refractivity contribution in [3.8, 4) is 11.5 Å². The molecule has 0 atom stereocenters. The Morgan fingerprint density at radius 3 is 2.23 bits per heavy atom. The minimum absolute atomic E-state index is 0.0554. The van der Waals surface area contributed by atoms with Crippen LogP contribution in [0.3, 0.4) is 0 Å². The summed E-state index contributed by atoms with van der Waals surface area (Å²) >= 11 is 0. The molecule has 0 unspecified atom stereocenters. The molecular formula is C16H15F3N2O4S. The van der Waals surface area contributed by atoms with E-state index in [0.717, 1.165) is 12.1 Å². The molecule has 2 aromatic carbocycles. The van der Waals surface area contributed by atoms with Gasteiger partial charge in [0.15, 0.2) is 0 Å². The molecule has 0 aliphatic heterocycles. The van der Waals surface area contributed by atoms with Gasteiger partial charge in [0, 0.05) is 6.07 Å². The third-order valence-electron chi connectivity index (χ3n) is 3.18. The molecule has 0 aromatic heterocycles. The number of ether oxygens (including phenoxy) is 2. The van der Waals surface area contributed by atoms with Gasteiger partial charge in [-0.05, 0) is 24.3 Å². The summed E-state index contributed by atoms with van der Waals surface area (Å²) in [6.45, 7) is 0. The normalized spacial score (nSPS) is 12.6. The predicted octanol–water partition coefficient (Wildman–Crippen LogP) is 3.47. The molecule has 10 heteroatoms. The minimum Gasteiger partial charge on any atom is -0.497 e. The smallest absolute Gasteiger partial charge is 0.450 e. The number of hydrogen-bond donors (Lipinski definition) is 1. The second-order valence-corrected chi connectivity index (χ2v) is 6.52. The van der Waals surface area contributed by atoms with Crippen LogP contribution < -0.4 is 14.8 Å². The number of amidine groups is 1. The van der Waals surface area contributed by atoms with Crippen LogP contribution in [0.15, 0.2) is 57.8 Å². The van der Waals surface area contributed by atoms with Crippen LogP contribution >= 0.6 is 0 Å². The van der Waals surface area contributed by atoms with E-state index in [1.165, 1.54) is 50.6 Å². The van der Waals surface area contributed by atoms with Crippen LogP contribution in [0.2, 0.25) is 0 Å². The van der Waals surface area contributed by atoms with Crippen molar-refractivity contribution in [2.24, 2.45) is 4.40 Å². The molecule has 6 nitrogen and oxygen atoms in total. The minimum atomic E-state index is -5.05. The highest BCUT2D eigenvalue weighted by Crippen LogP contribution is 2.31. The number of alkyl halides is 3. The fraction of sp³-hybridized carbons (Fsp3) is 0.188. The Kier molecular flexibility index (Phi) is 5.76. The van der Waals surface area contributed by atoms with Gasteiger partial charge in [0.1, 0.15) is 11.5 Å². The highest BCUT2D eigenvalue weighted by molar-refractivity contribution is 7.90. The molecule has 0 aliphatic rings. The second-order valence-electron chi connectivity index (χ2n) is 4.92. The van der Waals surface area contributed by atoms with Gasteiger partial charge in [0.25, 0.3) is 10.0 Å². The number of anilines is 1. The molecule has 26 heavy (non-hydrogen) atoms. The van der Waals surface area contributed by atoms with Crippen LogP contribution in [-0.4, -0.2) is 34.6 Å². The fourth-order valence-electron chi connectivity index (χ4n) is 1.95. The van der Waals surface area contributed by atoms with E-state index in [2.05, 4.69) is 4.40 Å². The molecular weight excluding hydrogens is 373 g/mol. The molecule has 0 saturated heterocycles. The molecule has 2 rings (SSSR count). The lowest BCUT2D eigenvalue weighted by atomic mass is 10.2. The van der Waals surface area contributed by atoms with E-state index in [1.807, 2.05) is 5.32 Å². The van der Waals surface area contributed by atoms with E-state index in [4.69, 9.17) is 9.47 Å². The molecule has 0 bridgehead atoms. The van der Waals surface area contributed by atoms with Gasteiger partial charge < -0.3 is 14.8 Å². The van der Waals surface area contributed by atoms with Gasteiger partial charge in [0.05, 0.1) is 24.8 Å². The monoisotopic (exact) mass is 388 g/mol. The van der Waals surface area contributed by atoms with Crippen molar-refractivity contribution >= 4 is 21.5 Å². The van der Waals surface area contributed by atoms with Crippen LogP contribution in [0.1, 0.15) is 0 Å². The molecule has 0 spiro atoms. The standard InChI is InChI=1S/C16H15F3N2O4S/c1-24-11-8-9-14(25-2)13(10-11)20-15(16(17,18)19)21-26(22,23)12-6-4-3-5-7-12/h3-10H,1-2H3,(H,20,21). The van der Waals surface area contributed by atoms with Gasteiger partial charge >= 0.3 is 6.18 Å². The van der Waals surface area contributed by atoms with E-state index in [0.29, 0.717) is 0 Å². The van der Waals surface area contributed by atoms with Gasteiger partial charge in [-0.1, -0.05) is 18.2 Å². The summed E-state index contributed by atoms with van der Waals surface area (Å²) in [6.07, 6.45) is -5.05. The average molecular weight is 388 g/mol. The number of hydrogen-bond acceptors (Lipinski definition) is 4. The third-order valence-corrected chi connectivity index (χ3v) is 4.47. The van der Waals surface area contributed by atoms with Crippen molar-refractivity contribution in [2.75, 3.05) is 19.5 Å². The zero-order valence-electron chi connectivity index (χ0n) is 13.7. The molecule has 0 saturated carbocycles. The Labute approximate surface area is 148 Å². The van der Waals surface area contributed by atoms with Gasteiger partial charge in [0.2, 0.25) is 5.84 Å². The third kappa shape index (κ3) is 4.66. The number of halogens is 3. The first kappa shape index (κ1) is 19.6. The number of nitrogens with zero attached hydrogens (tertiary/aromatic N) is 1. The SMILES string of the molecule is COc1ccc(OC)c(N/C(=N\S(=O)(=O)c2ccccc2)C(F)(F)F)c1. The highest BCUT2D eigenvalue weighted by Gasteiger charge is 2.38. The predicted molar refractivity (Wildman–Crippen MR) is 90.3 cm³/mol. The van der Waals surface area contributed by atoms with E-state index < -0.39 is 22.0 Å². The zero-order valence-corrected chi connectivity index (χ0v) is 14.6. The van der Waals surface area contributed by atoms with Gasteiger partial charge in [-0.2, -0.15) is 21.6 Å². The van der Waals surface area contributed by atoms with E-state index in [-0.39, 0.29) is 22.1 Å². The molecule has 2 aromatic rings. The maximum atomic E-state index is 13.3. The van der Waals surface area contributed by atoms with Crippen molar-refractivity contribution in [1.29, 1.82) is 0 Å². The number of sulfonamides is 1. The maximum Gasteiger partial charge on any atom is 0.450 e. The van der Waals surface area contributed by atoms with Crippen molar-refractivity contribution in [1.82, 2.24) is 0 Å². The average Bonchev–Trinajstić information content (AvgIpc) is 2.61. The van der Waals surface area contributed by atoms with E-state index in [1.54, 1.807) is 0 Å². The highest BCUT2D eigenvalue weighted by atomic mass is 32.2. The summed E-state index contributed by atoms with van der Waals surface area (Å²) in [4.78, 5) is -0.360. The first-order chi connectivity index (χ1) is 12.2. The summed E-state index contributed by atoms with van der Waals surface area (Å²) in [5, 5.41) is 1.98. The summed E-state index contributed by atoms with van der Waals surface area (Å²) in [7, 11) is -1.97. The number of methoxy groups -OCH3 is 2. The molecule has 0 heterocycles. The van der Waals surface area contributed by atoms with Gasteiger partial charge in [-0.15, -0.1) is 4.40 Å². The summed E-state index contributed by atoms with van der Waals surface area (Å²) in [6, 6.07) is 10.7. The second kappa shape index (κ2) is 7.65. The number of benzene rings is 2. The Morgan fingerprint density at radius 1 is 1.04 bits per heavy atom. The van der Waals surface area contributed by atoms with Crippen LogP contribution in [0.4, 0.5) is 18.9 Å². The molecule has 0 amide bonds. The number of nitrogens with one attached hydrogen (secondary N) is 1. The lowest BCUT2D eigenvalue weighted by molar-refractivity contribution is -0.0585. The topological polar surface area (TPSA) is 77.0 Å². The Bertz CT molecular complexity index is 897. The molecule has 140 valence electrons. The van der Waals surface area contributed by atoms with Crippen molar-refractivity contribution in [3.05, 3.63) is 48.5 Å². The van der Waals surface area contributed by atoms with Crippen LogP contribution in [0.25, 0.3) is 0 Å². The van der Waals surface area contributed by atoms with E-state index in [9.17, 15) is 21.6 Å². The van der Waals surface area contributed by atoms with Crippen molar-refractivity contribution in [3.63, 3.8) is 0 Å². The zero-order chi connectivity index (χ0) is 19.4. The van der Waals surface area contributed by atoms with Crippen LogP contribution in [0.5, 0.6) is 11.5 Å². The van der Waals surface area contributed by atoms with Crippen molar-refractivity contribution < 1.29 is 31.1 Å². The Morgan fingerprint density at radius 2 is 1.69 bits per heavy atom. The summed E-state index contributed by atoms with van der Waals surface area (Å²) in [5.74, 6) is -1.39. The summed E-state index contributed by atoms with van der Waals surface area (Å²) < 4.78 is 77.2. The largest absolute Gasteiger partial charge is 0.497 e. The Balaban J connectivity index is 2.51. The van der Waals surface area contributed by atoms with E-state index >= 15 is 0 Å². The van der Waals surface area contributed by atoms with Gasteiger partial charge in [-0.25, -0.2) is 0 Å². The quantitative estimate of drug-likeness (QED) is 0.627.